The lowest BCUT2D eigenvalue weighted by Crippen LogP contribution is -2.49. The molecule has 12 nitrogen and oxygen atoms in total. The number of nitrogens with one attached hydrogen (secondary N) is 3. The highest BCUT2D eigenvalue weighted by Gasteiger charge is 2.31. The number of ether oxygens (including phenoxy) is 3. The molecule has 3 rings (SSSR count). The molecule has 0 aliphatic carbocycles. The van der Waals surface area contributed by atoms with Crippen LogP contribution in [0.15, 0.2) is 42.5 Å². The molecule has 5 amide bonds. The first kappa shape index (κ1) is 36.4. The van der Waals surface area contributed by atoms with Gasteiger partial charge in [0.05, 0.1) is 37.5 Å². The van der Waals surface area contributed by atoms with Gasteiger partial charge >= 0.3 is 12.1 Å². The number of urea groups is 2. The zero-order valence-electron chi connectivity index (χ0n) is 28.2. The SMILES string of the molecule is COc1ccc(NC(=O)Nc2ccc3c(c2)C(=O)N([C@@H](C)CO)C[C@@H](C)[C@@H](CN(C)C(=O)NC(C)C)OCCCC[C@H](C)O3)cc1. The molecule has 0 saturated heterocycles. The van der Waals surface area contributed by atoms with Gasteiger partial charge in [0.25, 0.3) is 5.91 Å². The van der Waals surface area contributed by atoms with Crippen LogP contribution in [0, 0.1) is 5.92 Å². The predicted molar refractivity (Wildman–Crippen MR) is 179 cm³/mol. The van der Waals surface area contributed by atoms with Crippen LogP contribution in [0.5, 0.6) is 11.5 Å². The van der Waals surface area contributed by atoms with E-state index in [0.717, 1.165) is 19.3 Å². The number of aliphatic hydroxyl groups is 1. The van der Waals surface area contributed by atoms with Crippen molar-refractivity contribution in [3.63, 3.8) is 0 Å². The molecule has 1 aliphatic rings. The van der Waals surface area contributed by atoms with Gasteiger partial charge < -0.3 is 45.1 Å². The molecule has 2 aromatic carbocycles. The van der Waals surface area contributed by atoms with Gasteiger partial charge in [-0.1, -0.05) is 6.92 Å². The van der Waals surface area contributed by atoms with Gasteiger partial charge in [-0.25, -0.2) is 9.59 Å². The Kier molecular flexibility index (Phi) is 13.9. The number of fused-ring (bicyclic) bond motifs is 1. The molecular weight excluding hydrogens is 590 g/mol. The number of rotatable bonds is 8. The maximum Gasteiger partial charge on any atom is 0.323 e. The molecule has 46 heavy (non-hydrogen) atoms. The maximum atomic E-state index is 14.3. The topological polar surface area (TPSA) is 142 Å². The molecule has 0 aromatic heterocycles. The Morgan fingerprint density at radius 3 is 2.39 bits per heavy atom. The zero-order valence-corrected chi connectivity index (χ0v) is 28.2. The van der Waals surface area contributed by atoms with Crippen molar-refractivity contribution in [3.05, 3.63) is 48.0 Å². The van der Waals surface area contributed by atoms with E-state index in [4.69, 9.17) is 14.2 Å². The summed E-state index contributed by atoms with van der Waals surface area (Å²) in [6.07, 6.45) is 1.88. The van der Waals surface area contributed by atoms with Crippen LogP contribution in [0.1, 0.15) is 64.2 Å². The van der Waals surface area contributed by atoms with E-state index in [1.807, 2.05) is 27.7 Å². The van der Waals surface area contributed by atoms with E-state index >= 15 is 0 Å². The van der Waals surface area contributed by atoms with Crippen LogP contribution in [0.3, 0.4) is 0 Å². The molecule has 0 fully saturated rings. The molecule has 1 heterocycles. The van der Waals surface area contributed by atoms with Crippen LogP contribution in [-0.2, 0) is 4.74 Å². The Morgan fingerprint density at radius 2 is 1.74 bits per heavy atom. The minimum atomic E-state index is -0.522. The third kappa shape index (κ3) is 10.8. The lowest BCUT2D eigenvalue weighted by molar-refractivity contribution is -0.0122. The van der Waals surface area contributed by atoms with Crippen molar-refractivity contribution in [1.82, 2.24) is 15.1 Å². The van der Waals surface area contributed by atoms with Crippen LogP contribution in [0.4, 0.5) is 21.0 Å². The van der Waals surface area contributed by atoms with Gasteiger partial charge in [0.15, 0.2) is 0 Å². The number of carbonyl (C=O) groups excluding carboxylic acids is 3. The van der Waals surface area contributed by atoms with Gasteiger partial charge in [0, 0.05) is 50.1 Å². The average molecular weight is 642 g/mol. The number of hydrogen-bond donors (Lipinski definition) is 4. The monoisotopic (exact) mass is 641 g/mol. The molecule has 0 unspecified atom stereocenters. The van der Waals surface area contributed by atoms with Crippen molar-refractivity contribution < 1.29 is 33.7 Å². The molecule has 0 saturated carbocycles. The normalized spacial score (nSPS) is 20.1. The van der Waals surface area contributed by atoms with Crippen molar-refractivity contribution in [1.29, 1.82) is 0 Å². The van der Waals surface area contributed by atoms with Gasteiger partial charge in [-0.3, -0.25) is 4.79 Å². The fourth-order valence-electron chi connectivity index (χ4n) is 5.14. The Bertz CT molecular complexity index is 1290. The standard InChI is InChI=1S/C34H51N5O7/c1-22(2)35-34(43)38(6)20-31-23(3)19-39(24(4)21-40)32(41)29-18-27(13-16-30(29)46-25(5)10-8-9-17-45-31)37-33(42)36-26-11-14-28(44-7)15-12-26/h11-16,18,22-25,31,40H,8-10,17,19-21H2,1-7H3,(H,35,43)(H2,36,37,42)/t23-,24+,25+,31-/m1/s1. The number of likely N-dealkylation sites (N-methyl/N-ethyl adjacent to an activating group) is 1. The number of hydrogen-bond acceptors (Lipinski definition) is 7. The summed E-state index contributed by atoms with van der Waals surface area (Å²) in [6, 6.07) is 10.7. The second-order valence-corrected chi connectivity index (χ2v) is 12.3. The van der Waals surface area contributed by atoms with Gasteiger partial charge in [-0.15, -0.1) is 0 Å². The van der Waals surface area contributed by atoms with Crippen LogP contribution in [0.25, 0.3) is 0 Å². The third-order valence-corrected chi connectivity index (χ3v) is 7.87. The second-order valence-electron chi connectivity index (χ2n) is 12.3. The van der Waals surface area contributed by atoms with Crippen molar-refractivity contribution in [3.8, 4) is 11.5 Å². The molecular formula is C34H51N5O7. The van der Waals surface area contributed by atoms with Crippen molar-refractivity contribution in [2.24, 2.45) is 5.92 Å². The number of carbonyl (C=O) groups is 3. The molecule has 12 heteroatoms. The first-order chi connectivity index (χ1) is 21.9. The predicted octanol–water partition coefficient (Wildman–Crippen LogP) is 5.18. The fraction of sp³-hybridized carbons (Fsp3) is 0.559. The molecule has 1 aliphatic heterocycles. The van der Waals surface area contributed by atoms with Crippen LogP contribution in [-0.4, -0.2) is 97.6 Å². The number of aliphatic hydroxyl groups excluding tert-OH is 1. The summed E-state index contributed by atoms with van der Waals surface area (Å²) in [4.78, 5) is 43.0. The summed E-state index contributed by atoms with van der Waals surface area (Å²) in [7, 11) is 3.30. The van der Waals surface area contributed by atoms with Crippen LogP contribution < -0.4 is 25.4 Å². The Labute approximate surface area is 272 Å². The van der Waals surface area contributed by atoms with Gasteiger partial charge in [0.1, 0.15) is 11.5 Å². The Hall–Kier alpha value is -4.03. The summed E-state index contributed by atoms with van der Waals surface area (Å²) in [5.41, 5.74) is 1.24. The number of benzene rings is 2. The molecule has 254 valence electrons. The van der Waals surface area contributed by atoms with Crippen molar-refractivity contribution in [2.45, 2.75) is 78.2 Å². The van der Waals surface area contributed by atoms with E-state index < -0.39 is 12.1 Å². The highest BCUT2D eigenvalue weighted by Crippen LogP contribution is 2.29. The fourth-order valence-corrected chi connectivity index (χ4v) is 5.14. The third-order valence-electron chi connectivity index (χ3n) is 7.87. The maximum absolute atomic E-state index is 14.3. The van der Waals surface area contributed by atoms with Crippen molar-refractivity contribution >= 4 is 29.3 Å². The highest BCUT2D eigenvalue weighted by molar-refractivity contribution is 6.02. The lowest BCUT2D eigenvalue weighted by atomic mass is 10.0. The smallest absolute Gasteiger partial charge is 0.323 e. The second kappa shape index (κ2) is 17.6. The highest BCUT2D eigenvalue weighted by atomic mass is 16.5. The molecule has 4 atom stereocenters. The number of methoxy groups -OCH3 is 1. The van der Waals surface area contributed by atoms with Gasteiger partial charge in [-0.2, -0.15) is 0 Å². The summed E-state index contributed by atoms with van der Waals surface area (Å²) in [6.45, 7) is 10.4. The molecule has 2 aromatic rings. The number of anilines is 2. The van der Waals surface area contributed by atoms with E-state index in [2.05, 4.69) is 16.0 Å². The van der Waals surface area contributed by atoms with E-state index in [9.17, 15) is 19.5 Å². The van der Waals surface area contributed by atoms with E-state index in [0.29, 0.717) is 36.0 Å². The minimum Gasteiger partial charge on any atom is -0.497 e. The molecule has 4 N–H and O–H groups in total. The average Bonchev–Trinajstić information content (AvgIpc) is 3.02. The van der Waals surface area contributed by atoms with E-state index in [1.54, 1.807) is 73.3 Å². The number of nitrogens with zero attached hydrogens (tertiary/aromatic N) is 2. The largest absolute Gasteiger partial charge is 0.497 e. The van der Waals surface area contributed by atoms with Gasteiger partial charge in [0.2, 0.25) is 0 Å². The summed E-state index contributed by atoms with van der Waals surface area (Å²) < 4.78 is 17.8. The van der Waals surface area contributed by atoms with Crippen LogP contribution >= 0.6 is 0 Å². The summed E-state index contributed by atoms with van der Waals surface area (Å²) in [5, 5.41) is 18.7. The molecule has 0 bridgehead atoms. The van der Waals surface area contributed by atoms with E-state index in [1.165, 1.54) is 0 Å². The van der Waals surface area contributed by atoms with Crippen LogP contribution in [0.2, 0.25) is 0 Å². The Balaban J connectivity index is 1.90. The quantitative estimate of drug-likeness (QED) is 0.311. The molecule has 0 spiro atoms. The van der Waals surface area contributed by atoms with E-state index in [-0.39, 0.29) is 54.8 Å². The minimum absolute atomic E-state index is 0.00650. The van der Waals surface area contributed by atoms with Crippen molar-refractivity contribution in [2.75, 3.05) is 51.1 Å². The first-order valence-corrected chi connectivity index (χ1v) is 16.0. The summed E-state index contributed by atoms with van der Waals surface area (Å²) >= 11 is 0. The zero-order chi connectivity index (χ0) is 33.8. The lowest BCUT2D eigenvalue weighted by Gasteiger charge is -2.36. The molecule has 0 radical (unpaired) electrons. The Morgan fingerprint density at radius 1 is 1.07 bits per heavy atom. The number of amides is 5. The summed E-state index contributed by atoms with van der Waals surface area (Å²) in [5.74, 6) is 0.533. The van der Waals surface area contributed by atoms with Gasteiger partial charge in [-0.05, 0) is 89.4 Å². The first-order valence-electron chi connectivity index (χ1n) is 16.0.